The lowest BCUT2D eigenvalue weighted by Gasteiger charge is -2.27. The van der Waals surface area contributed by atoms with Gasteiger partial charge in [-0.15, -0.1) is 0 Å². The topological polar surface area (TPSA) is 90.0 Å². The molecule has 0 aliphatic carbocycles. The first kappa shape index (κ1) is 23.0. The van der Waals surface area contributed by atoms with E-state index in [1.54, 1.807) is 24.3 Å². The Morgan fingerprint density at radius 3 is 2.10 bits per heavy atom. The minimum Gasteiger partial charge on any atom is -0.465 e. The number of ether oxygens (including phenoxy) is 2. The summed E-state index contributed by atoms with van der Waals surface area (Å²) >= 11 is 0. The molecule has 1 aliphatic rings. The van der Waals surface area contributed by atoms with Crippen LogP contribution in [0.5, 0.6) is 0 Å². The quantitative estimate of drug-likeness (QED) is 0.502. The zero-order valence-electron chi connectivity index (χ0n) is 18.6. The van der Waals surface area contributed by atoms with Crippen molar-refractivity contribution >= 4 is 40.9 Å². The molecule has 0 amide bonds. The number of esters is 2. The van der Waals surface area contributed by atoms with Gasteiger partial charge in [-0.25, -0.2) is 18.0 Å². The molecule has 0 unspecified atom stereocenters. The van der Waals surface area contributed by atoms with Crippen molar-refractivity contribution in [2.45, 2.75) is 37.9 Å². The summed E-state index contributed by atoms with van der Waals surface area (Å²) in [6.07, 6.45) is 0.450. The van der Waals surface area contributed by atoms with Gasteiger partial charge in [0.05, 0.1) is 44.0 Å². The van der Waals surface area contributed by atoms with Crippen LogP contribution in [0.25, 0.3) is 0 Å². The Hall–Kier alpha value is -2.65. The number of hydrogen-bond acceptors (Lipinski definition) is 6. The predicted molar refractivity (Wildman–Crippen MR) is 122 cm³/mol. The Kier molecular flexibility index (Phi) is 6.03. The van der Waals surface area contributed by atoms with Gasteiger partial charge in [-0.3, -0.25) is 4.31 Å². The molecule has 0 atom stereocenters. The molecule has 1 heterocycles. The van der Waals surface area contributed by atoms with Gasteiger partial charge in [0.1, 0.15) is 0 Å². The third-order valence-electron chi connectivity index (χ3n) is 5.40. The largest absolute Gasteiger partial charge is 0.465 e. The van der Waals surface area contributed by atoms with Crippen LogP contribution in [0.15, 0.2) is 35.2 Å². The van der Waals surface area contributed by atoms with Gasteiger partial charge in [-0.05, 0) is 42.3 Å². The Morgan fingerprint density at radius 2 is 1.58 bits per heavy atom. The Balaban J connectivity index is 2.32. The molecule has 166 valence electrons. The molecule has 0 saturated heterocycles. The number of rotatable bonds is 5. The number of sulfonamides is 1. The maximum atomic E-state index is 13.4. The zero-order valence-corrected chi connectivity index (χ0v) is 20.4. The summed E-state index contributed by atoms with van der Waals surface area (Å²) < 4.78 is 38.1. The van der Waals surface area contributed by atoms with Gasteiger partial charge in [-0.1, -0.05) is 37.3 Å². The van der Waals surface area contributed by atoms with E-state index >= 15 is 0 Å². The van der Waals surface area contributed by atoms with Crippen LogP contribution in [0.1, 0.15) is 31.8 Å². The zero-order chi connectivity index (χ0) is 23.1. The summed E-state index contributed by atoms with van der Waals surface area (Å²) in [6, 6.07) is 8.10. The second-order valence-electron chi connectivity index (χ2n) is 8.55. The number of carbonyl (C=O) groups is 2. The first-order chi connectivity index (χ1) is 14.4. The van der Waals surface area contributed by atoms with E-state index in [2.05, 4.69) is 0 Å². The maximum absolute atomic E-state index is 13.4. The highest BCUT2D eigenvalue weighted by molar-refractivity contribution is 7.92. The lowest BCUT2D eigenvalue weighted by Crippen LogP contribution is -2.45. The molecule has 2 aromatic rings. The SMILES string of the molecule is COC(=O)c1cc2c(c([Si](C)(C)C)c1C(=O)OC)CCN2S(=O)(=O)c1ccc(C)cc1. The second kappa shape index (κ2) is 8.12. The highest BCUT2D eigenvalue weighted by Gasteiger charge is 2.40. The van der Waals surface area contributed by atoms with Crippen molar-refractivity contribution in [1.82, 2.24) is 0 Å². The van der Waals surface area contributed by atoms with Crippen molar-refractivity contribution in [3.63, 3.8) is 0 Å². The van der Waals surface area contributed by atoms with Gasteiger partial charge < -0.3 is 9.47 Å². The van der Waals surface area contributed by atoms with Crippen LogP contribution in [0.4, 0.5) is 5.69 Å². The number of carbonyl (C=O) groups excluding carboxylic acids is 2. The van der Waals surface area contributed by atoms with E-state index < -0.39 is 30.0 Å². The highest BCUT2D eigenvalue weighted by atomic mass is 32.2. The Morgan fingerprint density at radius 1 is 1.00 bits per heavy atom. The van der Waals surface area contributed by atoms with Crippen LogP contribution >= 0.6 is 0 Å². The van der Waals surface area contributed by atoms with E-state index in [0.717, 1.165) is 16.3 Å². The van der Waals surface area contributed by atoms with E-state index in [1.165, 1.54) is 24.6 Å². The number of nitrogens with zero attached hydrogens (tertiary/aromatic N) is 1. The van der Waals surface area contributed by atoms with Gasteiger partial charge in [0.15, 0.2) is 0 Å². The number of fused-ring (bicyclic) bond motifs is 1. The molecule has 7 nitrogen and oxygen atoms in total. The van der Waals surface area contributed by atoms with Gasteiger partial charge in [0.25, 0.3) is 10.0 Å². The lowest BCUT2D eigenvalue weighted by atomic mass is 10.0. The smallest absolute Gasteiger partial charge is 0.338 e. The number of benzene rings is 2. The molecule has 0 saturated carbocycles. The van der Waals surface area contributed by atoms with Crippen LogP contribution < -0.4 is 9.49 Å². The minimum absolute atomic E-state index is 0.0246. The number of aryl methyl sites for hydroxylation is 1. The lowest BCUT2D eigenvalue weighted by molar-refractivity contribution is 0.0556. The number of methoxy groups -OCH3 is 2. The summed E-state index contributed by atoms with van der Waals surface area (Å²) in [5.74, 6) is -1.33. The van der Waals surface area contributed by atoms with E-state index in [0.29, 0.717) is 12.1 Å². The van der Waals surface area contributed by atoms with Crippen LogP contribution in [-0.4, -0.2) is 49.2 Å². The van der Waals surface area contributed by atoms with Crippen molar-refractivity contribution in [2.24, 2.45) is 0 Å². The Labute approximate surface area is 184 Å². The van der Waals surface area contributed by atoms with E-state index in [1.807, 2.05) is 26.6 Å². The molecule has 3 rings (SSSR count). The molecular weight excluding hydrogens is 434 g/mol. The van der Waals surface area contributed by atoms with Gasteiger partial charge >= 0.3 is 11.9 Å². The van der Waals surface area contributed by atoms with Crippen molar-refractivity contribution in [1.29, 1.82) is 0 Å². The second-order valence-corrected chi connectivity index (χ2v) is 15.4. The molecule has 0 radical (unpaired) electrons. The van der Waals surface area contributed by atoms with Gasteiger partial charge in [-0.2, -0.15) is 0 Å². The predicted octanol–water partition coefficient (Wildman–Crippen LogP) is 2.86. The molecule has 2 aromatic carbocycles. The Bertz CT molecular complexity index is 1150. The summed E-state index contributed by atoms with van der Waals surface area (Å²) in [6.45, 7) is 8.26. The van der Waals surface area contributed by atoms with E-state index in [9.17, 15) is 18.0 Å². The fourth-order valence-corrected chi connectivity index (χ4v) is 7.65. The summed E-state index contributed by atoms with van der Waals surface area (Å²) in [7, 11) is -3.56. The average Bonchev–Trinajstić information content (AvgIpc) is 3.15. The maximum Gasteiger partial charge on any atom is 0.338 e. The normalized spacial score (nSPS) is 13.7. The molecule has 31 heavy (non-hydrogen) atoms. The van der Waals surface area contributed by atoms with Crippen LogP contribution in [0.3, 0.4) is 0 Å². The number of anilines is 1. The highest BCUT2D eigenvalue weighted by Crippen LogP contribution is 2.36. The van der Waals surface area contributed by atoms with E-state index in [4.69, 9.17) is 9.47 Å². The fraction of sp³-hybridized carbons (Fsp3) is 0.364. The van der Waals surface area contributed by atoms with E-state index in [-0.39, 0.29) is 22.6 Å². The minimum atomic E-state index is -3.84. The molecule has 1 aliphatic heterocycles. The van der Waals surface area contributed by atoms with Gasteiger partial charge in [0.2, 0.25) is 0 Å². The molecule has 9 heteroatoms. The molecule has 0 fully saturated rings. The number of hydrogen-bond donors (Lipinski definition) is 0. The summed E-state index contributed by atoms with van der Waals surface area (Å²) in [5.41, 5.74) is 2.37. The molecular formula is C22H27NO6SSi. The van der Waals surface area contributed by atoms with Gasteiger partial charge in [0, 0.05) is 6.54 Å². The van der Waals surface area contributed by atoms with Crippen molar-refractivity contribution in [2.75, 3.05) is 25.1 Å². The molecule has 0 aromatic heterocycles. The average molecular weight is 462 g/mol. The van der Waals surface area contributed by atoms with Crippen LogP contribution in [-0.2, 0) is 25.9 Å². The van der Waals surface area contributed by atoms with Crippen molar-refractivity contribution in [3.05, 3.63) is 52.6 Å². The standard InChI is InChI=1S/C22H27NO6SSi/c1-14-7-9-15(10-8-14)30(26,27)23-12-11-16-18(23)13-17(21(24)28-2)19(22(25)29-3)20(16)31(4,5)6/h7-10,13H,11-12H2,1-6H3. The molecule has 0 bridgehead atoms. The van der Waals surface area contributed by atoms with Crippen molar-refractivity contribution < 1.29 is 27.5 Å². The summed E-state index contributed by atoms with van der Waals surface area (Å²) in [4.78, 5) is 25.5. The summed E-state index contributed by atoms with van der Waals surface area (Å²) in [5, 5.41) is 0.735. The molecule has 0 spiro atoms. The third kappa shape index (κ3) is 3.99. The fourth-order valence-electron chi connectivity index (χ4n) is 4.02. The van der Waals surface area contributed by atoms with Crippen LogP contribution in [0.2, 0.25) is 19.6 Å². The van der Waals surface area contributed by atoms with Crippen LogP contribution in [0, 0.1) is 6.92 Å². The molecule has 0 N–H and O–H groups in total. The van der Waals surface area contributed by atoms with Crippen molar-refractivity contribution in [3.8, 4) is 0 Å². The third-order valence-corrected chi connectivity index (χ3v) is 9.28. The first-order valence-corrected chi connectivity index (χ1v) is 14.8. The monoisotopic (exact) mass is 461 g/mol. The first-order valence-electron chi connectivity index (χ1n) is 9.90.